The van der Waals surface area contributed by atoms with Crippen molar-refractivity contribution in [3.63, 3.8) is 0 Å². The van der Waals surface area contributed by atoms with Crippen LogP contribution in [0.5, 0.6) is 5.75 Å². The van der Waals surface area contributed by atoms with Crippen LogP contribution in [-0.4, -0.2) is 15.1 Å². The van der Waals surface area contributed by atoms with E-state index in [1.165, 1.54) is 0 Å². The van der Waals surface area contributed by atoms with E-state index in [1.807, 2.05) is 6.20 Å². The minimum atomic E-state index is 0.237. The molecule has 0 aliphatic rings. The van der Waals surface area contributed by atoms with E-state index in [1.54, 1.807) is 18.2 Å². The third kappa shape index (κ3) is 3.22. The van der Waals surface area contributed by atoms with E-state index in [4.69, 9.17) is 0 Å². The highest BCUT2D eigenvalue weighted by Crippen LogP contribution is 2.33. The number of hydrogen-bond donors (Lipinski definition) is 1. The summed E-state index contributed by atoms with van der Waals surface area (Å²) in [6, 6.07) is 5.10. The van der Waals surface area contributed by atoms with E-state index in [-0.39, 0.29) is 5.75 Å². The van der Waals surface area contributed by atoms with Crippen LogP contribution < -0.4 is 0 Å². The fourth-order valence-electron chi connectivity index (χ4n) is 2.33. The Kier molecular flexibility index (Phi) is 3.74. The summed E-state index contributed by atoms with van der Waals surface area (Å²) in [6.07, 6.45) is 4.09. The number of phenolic OH excluding ortho intramolecular Hbond substituents is 1. The van der Waals surface area contributed by atoms with Gasteiger partial charge in [0.05, 0.1) is 16.7 Å². The summed E-state index contributed by atoms with van der Waals surface area (Å²) in [5.41, 5.74) is 2.90. The van der Waals surface area contributed by atoms with Crippen molar-refractivity contribution < 1.29 is 5.11 Å². The Labute approximate surface area is 114 Å². The minimum Gasteiger partial charge on any atom is -0.508 e. The molecule has 0 saturated carbocycles. The minimum absolute atomic E-state index is 0.237. The van der Waals surface area contributed by atoms with Gasteiger partial charge in [0.15, 0.2) is 0 Å². The number of phenols is 1. The molecule has 0 amide bonds. The van der Waals surface area contributed by atoms with Crippen LogP contribution in [-0.2, 0) is 0 Å². The van der Waals surface area contributed by atoms with Crippen LogP contribution in [0.2, 0.25) is 0 Å². The van der Waals surface area contributed by atoms with Gasteiger partial charge in [-0.05, 0) is 24.0 Å². The van der Waals surface area contributed by atoms with Gasteiger partial charge >= 0.3 is 0 Å². The smallest absolute Gasteiger partial charge is 0.117 e. The number of fused-ring (bicyclic) bond motifs is 1. The fourth-order valence-corrected chi connectivity index (χ4v) is 2.33. The molecule has 1 aromatic carbocycles. The summed E-state index contributed by atoms with van der Waals surface area (Å²) in [5.74, 6) is 0.606. The van der Waals surface area contributed by atoms with Crippen molar-refractivity contribution in [2.24, 2.45) is 5.41 Å². The van der Waals surface area contributed by atoms with Gasteiger partial charge in [-0.15, -0.1) is 0 Å². The quantitative estimate of drug-likeness (QED) is 0.891. The lowest BCUT2D eigenvalue weighted by Crippen LogP contribution is -2.14. The van der Waals surface area contributed by atoms with Crippen molar-refractivity contribution in [1.29, 1.82) is 0 Å². The van der Waals surface area contributed by atoms with Gasteiger partial charge in [-0.1, -0.05) is 34.1 Å². The predicted octanol–water partition coefficient (Wildman–Crippen LogP) is 4.27. The zero-order valence-corrected chi connectivity index (χ0v) is 12.1. The highest BCUT2D eigenvalue weighted by Gasteiger charge is 2.21. The molecule has 1 aromatic heterocycles. The van der Waals surface area contributed by atoms with Gasteiger partial charge in [0, 0.05) is 18.2 Å². The van der Waals surface area contributed by atoms with Crippen LogP contribution in [0.4, 0.5) is 0 Å². The molecule has 1 unspecified atom stereocenters. The Balaban J connectivity index is 2.30. The topological polar surface area (TPSA) is 46.0 Å². The van der Waals surface area contributed by atoms with E-state index in [2.05, 4.69) is 37.7 Å². The molecule has 1 atom stereocenters. The summed E-state index contributed by atoms with van der Waals surface area (Å²) >= 11 is 0. The molecular weight excluding hydrogens is 236 g/mol. The summed E-state index contributed by atoms with van der Waals surface area (Å²) < 4.78 is 0. The van der Waals surface area contributed by atoms with E-state index in [0.717, 1.165) is 29.6 Å². The van der Waals surface area contributed by atoms with Crippen LogP contribution >= 0.6 is 0 Å². The molecule has 3 heteroatoms. The van der Waals surface area contributed by atoms with Crippen LogP contribution in [0.1, 0.15) is 52.1 Å². The van der Waals surface area contributed by atoms with Crippen molar-refractivity contribution >= 4 is 11.0 Å². The molecule has 0 fully saturated rings. The molecule has 0 aliphatic heterocycles. The first-order valence-corrected chi connectivity index (χ1v) is 6.87. The summed E-state index contributed by atoms with van der Waals surface area (Å²) in [4.78, 5) is 9.06. The standard InChI is InChI=1S/C16H22N2O/c1-5-16(3,4)9-11(2)15-10-17-13-7-6-12(19)8-14(13)18-15/h6-8,10-11,19H,5,9H2,1-4H3. The Morgan fingerprint density at radius 1 is 1.26 bits per heavy atom. The molecule has 0 bridgehead atoms. The Morgan fingerprint density at radius 2 is 2.00 bits per heavy atom. The number of rotatable bonds is 4. The summed E-state index contributed by atoms with van der Waals surface area (Å²) in [7, 11) is 0. The molecule has 2 rings (SSSR count). The largest absolute Gasteiger partial charge is 0.508 e. The first-order chi connectivity index (χ1) is 8.91. The number of hydrogen-bond acceptors (Lipinski definition) is 3. The highest BCUT2D eigenvalue weighted by atomic mass is 16.3. The van der Waals surface area contributed by atoms with E-state index < -0.39 is 0 Å². The number of aromatic hydroxyl groups is 1. The average Bonchev–Trinajstić information content (AvgIpc) is 2.37. The number of nitrogens with zero attached hydrogens (tertiary/aromatic N) is 2. The van der Waals surface area contributed by atoms with Crippen molar-refractivity contribution in [2.75, 3.05) is 0 Å². The van der Waals surface area contributed by atoms with E-state index in [9.17, 15) is 5.11 Å². The maximum atomic E-state index is 9.52. The Hall–Kier alpha value is -1.64. The molecule has 102 valence electrons. The Morgan fingerprint density at radius 3 is 2.68 bits per heavy atom. The molecule has 2 aromatic rings. The predicted molar refractivity (Wildman–Crippen MR) is 78.3 cm³/mol. The molecule has 0 radical (unpaired) electrons. The maximum absolute atomic E-state index is 9.52. The van der Waals surface area contributed by atoms with E-state index in [0.29, 0.717) is 11.3 Å². The van der Waals surface area contributed by atoms with Gasteiger partial charge < -0.3 is 5.11 Å². The van der Waals surface area contributed by atoms with Gasteiger partial charge in [-0.3, -0.25) is 4.98 Å². The first-order valence-electron chi connectivity index (χ1n) is 6.87. The van der Waals surface area contributed by atoms with Gasteiger partial charge in [-0.2, -0.15) is 0 Å². The van der Waals surface area contributed by atoms with Crippen molar-refractivity contribution in [2.45, 2.75) is 46.5 Å². The van der Waals surface area contributed by atoms with Crippen LogP contribution in [0.3, 0.4) is 0 Å². The van der Waals surface area contributed by atoms with Gasteiger partial charge in [0.2, 0.25) is 0 Å². The molecule has 3 nitrogen and oxygen atoms in total. The maximum Gasteiger partial charge on any atom is 0.117 e. The van der Waals surface area contributed by atoms with Gasteiger partial charge in [-0.25, -0.2) is 4.98 Å². The van der Waals surface area contributed by atoms with Crippen molar-refractivity contribution in [3.05, 3.63) is 30.1 Å². The van der Waals surface area contributed by atoms with Crippen LogP contribution in [0.25, 0.3) is 11.0 Å². The third-order valence-corrected chi connectivity index (χ3v) is 3.87. The lowest BCUT2D eigenvalue weighted by atomic mass is 9.80. The normalized spacial score (nSPS) is 13.7. The second-order valence-electron chi connectivity index (χ2n) is 6.09. The zero-order valence-electron chi connectivity index (χ0n) is 12.1. The third-order valence-electron chi connectivity index (χ3n) is 3.87. The zero-order chi connectivity index (χ0) is 14.0. The molecule has 1 N–H and O–H groups in total. The molecular formula is C16H22N2O. The van der Waals surface area contributed by atoms with Crippen molar-refractivity contribution in [3.8, 4) is 5.75 Å². The monoisotopic (exact) mass is 258 g/mol. The fraction of sp³-hybridized carbons (Fsp3) is 0.500. The lowest BCUT2D eigenvalue weighted by Gasteiger charge is -2.26. The van der Waals surface area contributed by atoms with Crippen LogP contribution in [0.15, 0.2) is 24.4 Å². The number of aromatic nitrogens is 2. The second kappa shape index (κ2) is 5.16. The van der Waals surface area contributed by atoms with Gasteiger partial charge in [0.25, 0.3) is 0 Å². The Bertz CT molecular complexity index is 578. The molecule has 0 aliphatic carbocycles. The second-order valence-corrected chi connectivity index (χ2v) is 6.09. The first kappa shape index (κ1) is 13.8. The molecule has 0 saturated heterocycles. The highest BCUT2D eigenvalue weighted by molar-refractivity contribution is 5.75. The molecule has 0 spiro atoms. The van der Waals surface area contributed by atoms with Crippen molar-refractivity contribution in [1.82, 2.24) is 9.97 Å². The van der Waals surface area contributed by atoms with Crippen LogP contribution in [0, 0.1) is 5.41 Å². The lowest BCUT2D eigenvalue weighted by molar-refractivity contribution is 0.298. The van der Waals surface area contributed by atoms with E-state index >= 15 is 0 Å². The SMILES string of the molecule is CCC(C)(C)CC(C)c1cnc2ccc(O)cc2n1. The number of benzene rings is 1. The summed E-state index contributed by atoms with van der Waals surface area (Å²) in [6.45, 7) is 8.97. The van der Waals surface area contributed by atoms with Gasteiger partial charge in [0.1, 0.15) is 5.75 Å². The molecule has 1 heterocycles. The average molecular weight is 258 g/mol. The molecule has 19 heavy (non-hydrogen) atoms. The summed E-state index contributed by atoms with van der Waals surface area (Å²) in [5, 5.41) is 9.52.